The number of nitrogens with zero attached hydrogens (tertiary/aromatic N) is 6. The molecule has 2 saturated heterocycles. The summed E-state index contributed by atoms with van der Waals surface area (Å²) in [5, 5.41) is 22.8. The Hall–Kier alpha value is -3.33. The van der Waals surface area contributed by atoms with Gasteiger partial charge in [-0.15, -0.1) is 0 Å². The number of ether oxygens (including phenoxy) is 1. The van der Waals surface area contributed by atoms with Crippen molar-refractivity contribution in [2.24, 2.45) is 5.92 Å². The average Bonchev–Trinajstić information content (AvgIpc) is 3.72. The lowest BCUT2D eigenvalue weighted by atomic mass is 10.1. The number of aromatic nitrogens is 7. The van der Waals surface area contributed by atoms with Gasteiger partial charge in [0.15, 0.2) is 17.4 Å². The van der Waals surface area contributed by atoms with Crippen LogP contribution in [0.25, 0.3) is 22.2 Å². The Kier molecular flexibility index (Phi) is 7.34. The highest BCUT2D eigenvalue weighted by atomic mass is 31.2. The molecule has 21 nitrogen and oxygen atoms in total. The van der Waals surface area contributed by atoms with Crippen LogP contribution in [0.15, 0.2) is 29.7 Å². The molecule has 4 aromatic rings. The quantitative estimate of drug-likeness (QED) is 0.125. The normalized spacial score (nSPS) is 37.7. The van der Waals surface area contributed by atoms with Crippen molar-refractivity contribution < 1.29 is 52.0 Å². The van der Waals surface area contributed by atoms with Crippen LogP contribution in [0.5, 0.6) is 0 Å². The van der Waals surface area contributed by atoms with Gasteiger partial charge in [-0.05, 0) is 12.5 Å². The second kappa shape index (κ2) is 10.9. The Morgan fingerprint density at radius 3 is 2.47 bits per heavy atom. The number of nitrogens with two attached hydrogens (primary N) is 2. The lowest BCUT2D eigenvalue weighted by Crippen LogP contribution is -2.35. The Bertz CT molecular complexity index is 1930. The maximum atomic E-state index is 13.3. The van der Waals surface area contributed by atoms with E-state index in [0.29, 0.717) is 11.0 Å². The number of nitrogens with one attached hydrogen (secondary N) is 1. The van der Waals surface area contributed by atoms with Gasteiger partial charge in [0.1, 0.15) is 48.3 Å². The summed E-state index contributed by atoms with van der Waals surface area (Å²) in [4.78, 5) is 52.1. The fourth-order valence-electron chi connectivity index (χ4n) is 5.98. The first-order valence-electron chi connectivity index (χ1n) is 13.4. The van der Waals surface area contributed by atoms with E-state index < -0.39 is 83.1 Å². The summed E-state index contributed by atoms with van der Waals surface area (Å²) in [6.07, 6.45) is -5.17. The van der Waals surface area contributed by atoms with E-state index in [1.807, 2.05) is 0 Å². The molecule has 1 aliphatic carbocycles. The minimum atomic E-state index is -5.02. The first kappa shape index (κ1) is 30.3. The van der Waals surface area contributed by atoms with Crippen molar-refractivity contribution in [1.82, 2.24) is 34.1 Å². The van der Waals surface area contributed by atoms with E-state index >= 15 is 0 Å². The molecule has 0 aromatic carbocycles. The molecule has 0 amide bonds. The summed E-state index contributed by atoms with van der Waals surface area (Å²) in [6.45, 7) is -1.36. The molecular weight excluding hydrogens is 644 g/mol. The number of hydrogen-bond donors (Lipinski definition) is 7. The Labute approximate surface area is 250 Å². The molecule has 7 rings (SSSR count). The van der Waals surface area contributed by atoms with Gasteiger partial charge >= 0.3 is 15.6 Å². The number of rotatable bonds is 2. The van der Waals surface area contributed by atoms with Gasteiger partial charge in [0.05, 0.1) is 31.0 Å². The van der Waals surface area contributed by atoms with E-state index in [4.69, 9.17) is 34.3 Å². The maximum absolute atomic E-state index is 13.3. The van der Waals surface area contributed by atoms with Crippen molar-refractivity contribution in [2.75, 3.05) is 24.7 Å². The Morgan fingerprint density at radius 2 is 1.69 bits per heavy atom. The molecule has 2 bridgehead atoms. The van der Waals surface area contributed by atoms with Crippen molar-refractivity contribution in [3.63, 3.8) is 0 Å². The standard InChI is InChI=1S/C22H27N9O12P2/c23-17-9-1-2-30(18(9)26-6-25-17)10-3-8-4-39-44(35,36)43-16-14(33)11(5-40-45(37,38)42-15(8)13(10)32)41-21(16)31-7-27-12-19(31)28-22(24)29-20(12)34/h1-2,6-8,10-11,13-16,21,32-33H,3-5H2,(H,35,36)(H,37,38)(H2,23,25,26)(H3,24,28,29,34). The topological polar surface area (TPSA) is 308 Å². The first-order valence-corrected chi connectivity index (χ1v) is 16.4. The highest BCUT2D eigenvalue weighted by Crippen LogP contribution is 2.55. The highest BCUT2D eigenvalue weighted by molar-refractivity contribution is 7.47. The molecule has 6 heterocycles. The van der Waals surface area contributed by atoms with Crippen LogP contribution in [0.1, 0.15) is 18.7 Å². The summed E-state index contributed by atoms with van der Waals surface area (Å²) >= 11 is 0. The van der Waals surface area contributed by atoms with Crippen molar-refractivity contribution in [3.8, 4) is 0 Å². The van der Waals surface area contributed by atoms with Gasteiger partial charge in [0, 0.05) is 12.1 Å². The second-order valence-corrected chi connectivity index (χ2v) is 13.6. The van der Waals surface area contributed by atoms with E-state index in [1.54, 1.807) is 16.8 Å². The third-order valence-corrected chi connectivity index (χ3v) is 10.0. The number of imidazole rings is 1. The van der Waals surface area contributed by atoms with E-state index in [1.165, 1.54) is 6.33 Å². The Balaban J connectivity index is 1.21. The molecule has 23 heteroatoms. The zero-order valence-corrected chi connectivity index (χ0v) is 24.6. The van der Waals surface area contributed by atoms with Crippen molar-refractivity contribution in [1.29, 1.82) is 0 Å². The van der Waals surface area contributed by atoms with E-state index in [-0.39, 0.29) is 29.4 Å². The van der Waals surface area contributed by atoms with E-state index in [9.17, 15) is 33.9 Å². The number of fused-ring (bicyclic) bond motifs is 5. The molecule has 3 fully saturated rings. The summed E-state index contributed by atoms with van der Waals surface area (Å²) < 4.78 is 56.2. The summed E-state index contributed by atoms with van der Waals surface area (Å²) in [6, 6.07) is 0.838. The summed E-state index contributed by atoms with van der Waals surface area (Å²) in [5.41, 5.74) is 11.0. The maximum Gasteiger partial charge on any atom is 0.472 e. The number of phosphoric acid groups is 2. The molecule has 4 aromatic heterocycles. The molecule has 3 aliphatic rings. The van der Waals surface area contributed by atoms with E-state index in [2.05, 4.69) is 24.9 Å². The summed E-state index contributed by atoms with van der Waals surface area (Å²) in [5.74, 6) is -1.01. The number of hydrogen-bond acceptors (Lipinski definition) is 16. The third kappa shape index (κ3) is 5.34. The fraction of sp³-hybridized carbons (Fsp3) is 0.500. The van der Waals surface area contributed by atoms with Gasteiger partial charge in [-0.25, -0.2) is 24.1 Å². The van der Waals surface area contributed by atoms with Crippen molar-refractivity contribution in [3.05, 3.63) is 35.3 Å². The average molecular weight is 671 g/mol. The number of aromatic amines is 1. The molecular formula is C22H27N9O12P2. The number of aliphatic hydroxyl groups excluding tert-OH is 2. The molecule has 1 saturated carbocycles. The molecule has 10 atom stereocenters. The predicted molar refractivity (Wildman–Crippen MR) is 149 cm³/mol. The lowest BCUT2D eigenvalue weighted by Gasteiger charge is -2.27. The van der Waals surface area contributed by atoms with E-state index in [0.717, 1.165) is 10.9 Å². The lowest BCUT2D eigenvalue weighted by molar-refractivity contribution is -0.0612. The third-order valence-electron chi connectivity index (χ3n) is 8.04. The smallest absolute Gasteiger partial charge is 0.388 e. The van der Waals surface area contributed by atoms with Crippen LogP contribution in [-0.2, 0) is 32.0 Å². The van der Waals surface area contributed by atoms with Crippen LogP contribution in [-0.4, -0.2) is 97.8 Å². The van der Waals surface area contributed by atoms with Crippen molar-refractivity contribution in [2.45, 2.75) is 49.2 Å². The van der Waals surface area contributed by atoms with Gasteiger partial charge in [0.2, 0.25) is 5.95 Å². The predicted octanol–water partition coefficient (Wildman–Crippen LogP) is -1.07. The van der Waals surface area contributed by atoms with Crippen LogP contribution in [0.4, 0.5) is 11.8 Å². The molecule has 10 unspecified atom stereocenters. The Morgan fingerprint density at radius 1 is 0.956 bits per heavy atom. The molecule has 0 radical (unpaired) electrons. The highest BCUT2D eigenvalue weighted by Gasteiger charge is 2.53. The van der Waals surface area contributed by atoms with Crippen molar-refractivity contribution >= 4 is 49.6 Å². The number of nitrogen functional groups attached to an aromatic ring is 2. The van der Waals surface area contributed by atoms with Gasteiger partial charge in [0.25, 0.3) is 5.56 Å². The zero-order chi connectivity index (χ0) is 31.8. The first-order chi connectivity index (χ1) is 21.3. The van der Waals surface area contributed by atoms with Crippen LogP contribution in [0.2, 0.25) is 0 Å². The number of phosphoric ester groups is 2. The van der Waals surface area contributed by atoms with Gasteiger partial charge in [-0.3, -0.25) is 32.4 Å². The van der Waals surface area contributed by atoms with Crippen LogP contribution in [0.3, 0.4) is 0 Å². The number of anilines is 2. The minimum absolute atomic E-state index is 0.0304. The molecule has 2 aliphatic heterocycles. The van der Waals surface area contributed by atoms with Gasteiger partial charge < -0.3 is 40.8 Å². The second-order valence-electron chi connectivity index (χ2n) is 10.8. The van der Waals surface area contributed by atoms with Gasteiger partial charge in [-0.2, -0.15) is 4.98 Å². The number of aliphatic hydroxyl groups is 2. The van der Waals surface area contributed by atoms with Crippen LogP contribution in [0, 0.1) is 5.92 Å². The molecule has 242 valence electrons. The van der Waals surface area contributed by atoms with Crippen LogP contribution >= 0.6 is 15.6 Å². The molecule has 9 N–H and O–H groups in total. The molecule has 45 heavy (non-hydrogen) atoms. The number of H-pyrrole nitrogens is 1. The zero-order valence-electron chi connectivity index (χ0n) is 22.8. The van der Waals surface area contributed by atoms with Crippen LogP contribution < -0.4 is 17.0 Å². The summed E-state index contributed by atoms with van der Waals surface area (Å²) in [7, 11) is -9.99. The SMILES string of the molecule is Nc1nc2c(ncn2C2OC3COP(=O)(O)OC4C(COP(=O)(O)OC2C3O)CC(n2ccc3c(N)ncnc32)C4O)c(=O)[nH]1. The minimum Gasteiger partial charge on any atom is -0.388 e. The van der Waals surface area contributed by atoms with Gasteiger partial charge in [-0.1, -0.05) is 0 Å². The fourth-order valence-corrected chi connectivity index (χ4v) is 7.96. The largest absolute Gasteiger partial charge is 0.472 e. The monoisotopic (exact) mass is 671 g/mol. The molecule has 0 spiro atoms.